The second-order valence-corrected chi connectivity index (χ2v) is 10.8. The molecule has 2 aromatic rings. The van der Waals surface area contributed by atoms with Crippen molar-refractivity contribution in [3.63, 3.8) is 0 Å². The van der Waals surface area contributed by atoms with Gasteiger partial charge in [0.25, 0.3) is 0 Å². The molecule has 2 aromatic carbocycles. The summed E-state index contributed by atoms with van der Waals surface area (Å²) in [6.07, 6.45) is 2.63. The molecule has 2 unspecified atom stereocenters. The van der Waals surface area contributed by atoms with Crippen LogP contribution in [-0.4, -0.2) is 69.7 Å². The van der Waals surface area contributed by atoms with Gasteiger partial charge in [-0.1, -0.05) is 66.7 Å². The van der Waals surface area contributed by atoms with Crippen LogP contribution < -0.4 is 0 Å². The average Bonchev–Trinajstić information content (AvgIpc) is 3.51. The van der Waals surface area contributed by atoms with Gasteiger partial charge in [-0.3, -0.25) is 14.4 Å². The Morgan fingerprint density at radius 1 is 1.18 bits per heavy atom. The first kappa shape index (κ1) is 27.1. The molecule has 0 aromatic heterocycles. The highest BCUT2D eigenvalue weighted by Gasteiger charge is 2.79. The Morgan fingerprint density at radius 2 is 1.85 bits per heavy atom. The largest absolute Gasteiger partial charge is 0.466 e. The van der Waals surface area contributed by atoms with Crippen LogP contribution in [0, 0.1) is 11.8 Å². The molecule has 3 heterocycles. The Bertz CT molecular complexity index is 1240. The molecule has 0 radical (unpaired) electrons. The van der Waals surface area contributed by atoms with Crippen LogP contribution in [0.15, 0.2) is 73.3 Å². The van der Waals surface area contributed by atoms with Crippen LogP contribution in [0.25, 0.3) is 0 Å². The summed E-state index contributed by atoms with van der Waals surface area (Å²) in [5, 5.41) is 10.6. The summed E-state index contributed by atoms with van der Waals surface area (Å²) >= 11 is 0. The van der Waals surface area contributed by atoms with E-state index < -0.39 is 41.1 Å². The molecule has 8 heteroatoms. The number of ether oxygens (including phenoxy) is 2. The van der Waals surface area contributed by atoms with Crippen LogP contribution in [0.3, 0.4) is 0 Å². The number of rotatable bonds is 10. The molecular formula is C31H36N2O6. The number of carbonyl (C=O) groups excluding carboxylic acids is 3. The van der Waals surface area contributed by atoms with Crippen molar-refractivity contribution < 1.29 is 29.0 Å². The molecular weight excluding hydrogens is 496 g/mol. The average molecular weight is 533 g/mol. The van der Waals surface area contributed by atoms with Gasteiger partial charge in [-0.2, -0.15) is 0 Å². The molecule has 1 N–H and O–H groups in total. The molecule has 2 amide bonds. The Hall–Kier alpha value is -3.49. The molecule has 3 aliphatic rings. The SMILES string of the molecule is C=CCN(Cc1ccccc1)C(=O)C1N([C@H](CO)c2ccccc2)C(=O)[C@@H]2[C@H](C(=O)OCC)[C@]3(C)CCC12O3. The predicted octanol–water partition coefficient (Wildman–Crippen LogP) is 3.26. The fraction of sp³-hybridized carbons (Fsp3) is 0.452. The van der Waals surface area contributed by atoms with E-state index >= 15 is 0 Å². The van der Waals surface area contributed by atoms with E-state index in [0.717, 1.165) is 5.56 Å². The maximum Gasteiger partial charge on any atom is 0.312 e. The number of hydrogen-bond donors (Lipinski definition) is 1. The normalized spacial score (nSPS) is 29.7. The van der Waals surface area contributed by atoms with E-state index in [1.807, 2.05) is 67.6 Å². The second-order valence-electron chi connectivity index (χ2n) is 10.8. The third kappa shape index (κ3) is 4.36. The van der Waals surface area contributed by atoms with Crippen LogP contribution in [-0.2, 0) is 30.4 Å². The smallest absolute Gasteiger partial charge is 0.312 e. The molecule has 39 heavy (non-hydrogen) atoms. The van der Waals surface area contributed by atoms with Gasteiger partial charge in [0.05, 0.1) is 30.8 Å². The molecule has 2 bridgehead atoms. The van der Waals surface area contributed by atoms with Crippen LogP contribution >= 0.6 is 0 Å². The summed E-state index contributed by atoms with van der Waals surface area (Å²) in [5.74, 6) is -2.87. The van der Waals surface area contributed by atoms with Gasteiger partial charge in [0, 0.05) is 13.1 Å². The van der Waals surface area contributed by atoms with E-state index in [1.165, 1.54) is 4.90 Å². The van der Waals surface area contributed by atoms with Gasteiger partial charge in [0.2, 0.25) is 11.8 Å². The first-order valence-corrected chi connectivity index (χ1v) is 13.6. The van der Waals surface area contributed by atoms with Crippen molar-refractivity contribution in [2.75, 3.05) is 19.8 Å². The van der Waals surface area contributed by atoms with Gasteiger partial charge in [0.1, 0.15) is 17.6 Å². The van der Waals surface area contributed by atoms with Crippen molar-refractivity contribution >= 4 is 17.8 Å². The highest BCUT2D eigenvalue weighted by Crippen LogP contribution is 2.64. The third-order valence-corrected chi connectivity index (χ3v) is 8.56. The number of carbonyl (C=O) groups is 3. The van der Waals surface area contributed by atoms with Crippen molar-refractivity contribution in [2.24, 2.45) is 11.8 Å². The standard InChI is InChI=1S/C31H36N2O6/c1-4-18-32(19-21-12-8-6-9-13-21)28(36)26-31-17-16-30(3,39-31)25(29(37)38-5-2)24(31)27(35)33(26)23(20-34)22-14-10-7-11-15-22/h4,6-15,23-26,34H,1,5,16-20H2,2-3H3/t23-,24+,25-,26?,30+,31?/m1/s1. The zero-order valence-corrected chi connectivity index (χ0v) is 22.5. The number of fused-ring (bicyclic) bond motifs is 1. The van der Waals surface area contributed by atoms with Crippen LogP contribution in [0.4, 0.5) is 0 Å². The summed E-state index contributed by atoms with van der Waals surface area (Å²) in [6, 6.07) is 17.0. The molecule has 3 saturated heterocycles. The van der Waals surface area contributed by atoms with Crippen LogP contribution in [0.5, 0.6) is 0 Å². The lowest BCUT2D eigenvalue weighted by Gasteiger charge is -2.39. The van der Waals surface area contributed by atoms with E-state index in [-0.39, 0.29) is 31.6 Å². The zero-order valence-electron chi connectivity index (χ0n) is 22.5. The van der Waals surface area contributed by atoms with Crippen LogP contribution in [0.1, 0.15) is 43.9 Å². The summed E-state index contributed by atoms with van der Waals surface area (Å²) in [7, 11) is 0. The molecule has 5 rings (SSSR count). The fourth-order valence-corrected chi connectivity index (χ4v) is 6.96. The first-order chi connectivity index (χ1) is 18.8. The number of benzene rings is 2. The van der Waals surface area contributed by atoms with Crippen molar-refractivity contribution in [2.45, 2.75) is 56.5 Å². The first-order valence-electron chi connectivity index (χ1n) is 13.6. The molecule has 6 atom stereocenters. The summed E-state index contributed by atoms with van der Waals surface area (Å²) in [4.78, 5) is 45.4. The molecule has 0 saturated carbocycles. The van der Waals surface area contributed by atoms with E-state index in [4.69, 9.17) is 9.47 Å². The van der Waals surface area contributed by atoms with Crippen molar-refractivity contribution in [1.29, 1.82) is 0 Å². The number of aliphatic hydroxyl groups excluding tert-OH is 1. The molecule has 3 aliphatic heterocycles. The maximum atomic E-state index is 14.6. The van der Waals surface area contributed by atoms with E-state index in [0.29, 0.717) is 24.9 Å². The summed E-state index contributed by atoms with van der Waals surface area (Å²) < 4.78 is 12.1. The highest BCUT2D eigenvalue weighted by molar-refractivity contribution is 5.98. The van der Waals surface area contributed by atoms with Gasteiger partial charge in [0.15, 0.2) is 0 Å². The van der Waals surface area contributed by atoms with Gasteiger partial charge in [-0.15, -0.1) is 6.58 Å². The van der Waals surface area contributed by atoms with Gasteiger partial charge in [-0.05, 0) is 37.8 Å². The Kier molecular flexibility index (Phi) is 7.35. The quantitative estimate of drug-likeness (QED) is 0.373. The predicted molar refractivity (Wildman–Crippen MR) is 144 cm³/mol. The minimum absolute atomic E-state index is 0.179. The number of hydrogen-bond acceptors (Lipinski definition) is 6. The Labute approximate surface area is 229 Å². The topological polar surface area (TPSA) is 96.4 Å². The van der Waals surface area contributed by atoms with Gasteiger partial charge in [-0.25, -0.2) is 0 Å². The number of aliphatic hydroxyl groups is 1. The number of amides is 2. The van der Waals surface area contributed by atoms with Crippen molar-refractivity contribution in [3.05, 3.63) is 84.4 Å². The van der Waals surface area contributed by atoms with E-state index in [2.05, 4.69) is 6.58 Å². The van der Waals surface area contributed by atoms with Crippen LogP contribution in [0.2, 0.25) is 0 Å². The Morgan fingerprint density at radius 3 is 2.46 bits per heavy atom. The second kappa shape index (κ2) is 10.6. The minimum Gasteiger partial charge on any atom is -0.466 e. The molecule has 0 aliphatic carbocycles. The number of esters is 1. The van der Waals surface area contributed by atoms with E-state index in [9.17, 15) is 19.5 Å². The summed E-state index contributed by atoms with van der Waals surface area (Å²) in [5.41, 5.74) is -0.485. The molecule has 8 nitrogen and oxygen atoms in total. The van der Waals surface area contributed by atoms with E-state index in [1.54, 1.807) is 17.9 Å². The molecule has 3 fully saturated rings. The van der Waals surface area contributed by atoms with Gasteiger partial charge >= 0.3 is 5.97 Å². The van der Waals surface area contributed by atoms with Crippen molar-refractivity contribution in [3.8, 4) is 0 Å². The third-order valence-electron chi connectivity index (χ3n) is 8.56. The molecule has 206 valence electrons. The van der Waals surface area contributed by atoms with Crippen molar-refractivity contribution in [1.82, 2.24) is 9.80 Å². The summed E-state index contributed by atoms with van der Waals surface area (Å²) in [6.45, 7) is 7.80. The lowest BCUT2D eigenvalue weighted by Crippen LogP contribution is -2.57. The minimum atomic E-state index is -1.21. The zero-order chi connectivity index (χ0) is 27.8. The lowest BCUT2D eigenvalue weighted by atomic mass is 9.66. The monoisotopic (exact) mass is 532 g/mol. The van der Waals surface area contributed by atoms with Gasteiger partial charge < -0.3 is 24.4 Å². The fourth-order valence-electron chi connectivity index (χ4n) is 6.96. The number of nitrogens with zero attached hydrogens (tertiary/aromatic N) is 2. The Balaban J connectivity index is 1.62. The highest BCUT2D eigenvalue weighted by atomic mass is 16.6. The molecule has 1 spiro atoms. The lowest BCUT2D eigenvalue weighted by molar-refractivity contribution is -0.161. The number of likely N-dealkylation sites (tertiary alicyclic amines) is 1. The maximum absolute atomic E-state index is 14.6.